The monoisotopic (exact) mass is 372 g/mol. The summed E-state index contributed by atoms with van der Waals surface area (Å²) in [5, 5.41) is 8.06. The number of aromatic nitrogens is 3. The number of benzene rings is 1. The van der Waals surface area contributed by atoms with E-state index in [9.17, 15) is 4.79 Å². The number of nitrogens with one attached hydrogen (secondary N) is 1. The van der Waals surface area contributed by atoms with Crippen LogP contribution in [0.25, 0.3) is 11.0 Å². The minimum Gasteiger partial charge on any atom is -0.321 e. The molecule has 2 aromatic heterocycles. The molecule has 1 N–H and O–H groups in total. The first-order valence-electron chi connectivity index (χ1n) is 7.38. The third kappa shape index (κ3) is 2.99. The molecule has 0 aliphatic rings. The largest absolute Gasteiger partial charge is 0.321 e. The van der Waals surface area contributed by atoms with Gasteiger partial charge in [0.2, 0.25) is 0 Å². The second kappa shape index (κ2) is 6.12. The number of nitrogens with zero attached hydrogens (tertiary/aromatic N) is 3. The zero-order valence-corrected chi connectivity index (χ0v) is 14.8. The number of fused-ring (bicyclic) bond motifs is 1. The second-order valence-corrected chi connectivity index (χ2v) is 6.52. The maximum absolute atomic E-state index is 12.7. The number of rotatable bonds is 3. The summed E-state index contributed by atoms with van der Waals surface area (Å²) in [6.45, 7) is 5.96. The Labute approximate surface area is 142 Å². The van der Waals surface area contributed by atoms with Gasteiger partial charge in [-0.15, -0.1) is 0 Å². The van der Waals surface area contributed by atoms with Crippen LogP contribution in [0.3, 0.4) is 0 Å². The van der Waals surface area contributed by atoms with Crippen molar-refractivity contribution in [1.82, 2.24) is 14.8 Å². The van der Waals surface area contributed by atoms with Crippen LogP contribution in [0.2, 0.25) is 0 Å². The molecule has 0 unspecified atom stereocenters. The number of anilines is 1. The molecule has 0 aliphatic heterocycles. The van der Waals surface area contributed by atoms with E-state index in [1.54, 1.807) is 12.3 Å². The van der Waals surface area contributed by atoms with Crippen LogP contribution >= 0.6 is 15.9 Å². The summed E-state index contributed by atoms with van der Waals surface area (Å²) < 4.78 is 2.67. The lowest BCUT2D eigenvalue weighted by atomic mass is 10.1. The predicted octanol–water partition coefficient (Wildman–Crippen LogP) is 4.34. The van der Waals surface area contributed by atoms with E-state index in [0.29, 0.717) is 5.56 Å². The van der Waals surface area contributed by atoms with Crippen LogP contribution in [0.1, 0.15) is 35.9 Å². The highest BCUT2D eigenvalue weighted by atomic mass is 79.9. The Morgan fingerprint density at radius 2 is 2.04 bits per heavy atom. The van der Waals surface area contributed by atoms with Crippen molar-refractivity contribution >= 4 is 38.6 Å². The van der Waals surface area contributed by atoms with Crippen LogP contribution < -0.4 is 5.32 Å². The molecule has 0 saturated heterocycles. The Morgan fingerprint density at radius 3 is 2.74 bits per heavy atom. The van der Waals surface area contributed by atoms with E-state index in [1.165, 1.54) is 0 Å². The summed E-state index contributed by atoms with van der Waals surface area (Å²) in [5.74, 6) is -0.171. The number of carbonyl (C=O) groups is 1. The lowest BCUT2D eigenvalue weighted by Crippen LogP contribution is -2.13. The SMILES string of the molecule is Cc1cc(C(=O)Nc2ccccc2Br)c2cnn(C(C)C)c2n1. The van der Waals surface area contributed by atoms with Gasteiger partial charge >= 0.3 is 0 Å². The molecule has 1 amide bonds. The van der Waals surface area contributed by atoms with Crippen LogP contribution in [-0.4, -0.2) is 20.7 Å². The van der Waals surface area contributed by atoms with Crippen molar-refractivity contribution in [3.63, 3.8) is 0 Å². The molecular formula is C17H17BrN4O. The van der Waals surface area contributed by atoms with Gasteiger partial charge in [-0.25, -0.2) is 9.67 Å². The Morgan fingerprint density at radius 1 is 1.30 bits per heavy atom. The molecule has 118 valence electrons. The van der Waals surface area contributed by atoms with Gasteiger partial charge in [0.15, 0.2) is 5.65 Å². The van der Waals surface area contributed by atoms with E-state index in [2.05, 4.69) is 31.3 Å². The van der Waals surface area contributed by atoms with Crippen LogP contribution in [-0.2, 0) is 0 Å². The molecule has 5 nitrogen and oxygen atoms in total. The van der Waals surface area contributed by atoms with Crippen LogP contribution in [0, 0.1) is 6.92 Å². The number of para-hydroxylation sites is 1. The fraction of sp³-hybridized carbons (Fsp3) is 0.235. The first kappa shape index (κ1) is 15.7. The van der Waals surface area contributed by atoms with Gasteiger partial charge in [0.25, 0.3) is 5.91 Å². The summed E-state index contributed by atoms with van der Waals surface area (Å²) in [7, 11) is 0. The third-order valence-electron chi connectivity index (χ3n) is 3.55. The number of amides is 1. The van der Waals surface area contributed by atoms with Crippen LogP contribution in [0.15, 0.2) is 41.0 Å². The summed E-state index contributed by atoms with van der Waals surface area (Å²) in [5.41, 5.74) is 2.83. The van der Waals surface area contributed by atoms with E-state index in [1.807, 2.05) is 49.7 Å². The second-order valence-electron chi connectivity index (χ2n) is 5.67. The molecule has 2 heterocycles. The summed E-state index contributed by atoms with van der Waals surface area (Å²) in [6.07, 6.45) is 1.71. The maximum Gasteiger partial charge on any atom is 0.256 e. The smallest absolute Gasteiger partial charge is 0.256 e. The normalized spacial score (nSPS) is 11.2. The first-order valence-corrected chi connectivity index (χ1v) is 8.17. The molecule has 0 radical (unpaired) electrons. The van der Waals surface area contributed by atoms with Crippen molar-refractivity contribution in [3.05, 3.63) is 52.3 Å². The molecule has 3 aromatic rings. The lowest BCUT2D eigenvalue weighted by molar-refractivity contribution is 0.102. The van der Waals surface area contributed by atoms with E-state index < -0.39 is 0 Å². The highest BCUT2D eigenvalue weighted by Gasteiger charge is 2.17. The molecule has 3 rings (SSSR count). The summed E-state index contributed by atoms with van der Waals surface area (Å²) >= 11 is 3.44. The van der Waals surface area contributed by atoms with E-state index in [4.69, 9.17) is 0 Å². The zero-order chi connectivity index (χ0) is 16.6. The van der Waals surface area contributed by atoms with Gasteiger partial charge < -0.3 is 5.32 Å². The molecule has 23 heavy (non-hydrogen) atoms. The Bertz CT molecular complexity index is 885. The molecular weight excluding hydrogens is 356 g/mol. The molecule has 0 atom stereocenters. The Kier molecular flexibility index (Phi) is 4.17. The minimum absolute atomic E-state index is 0.171. The molecule has 6 heteroatoms. The van der Waals surface area contributed by atoms with Crippen molar-refractivity contribution in [2.75, 3.05) is 5.32 Å². The fourth-order valence-electron chi connectivity index (χ4n) is 2.46. The van der Waals surface area contributed by atoms with Crippen molar-refractivity contribution in [2.24, 2.45) is 0 Å². The lowest BCUT2D eigenvalue weighted by Gasteiger charge is -2.10. The fourth-order valence-corrected chi connectivity index (χ4v) is 2.85. The number of carbonyl (C=O) groups excluding carboxylic acids is 1. The molecule has 0 bridgehead atoms. The molecule has 0 fully saturated rings. The number of hydrogen-bond donors (Lipinski definition) is 1. The van der Waals surface area contributed by atoms with E-state index in [0.717, 1.165) is 26.9 Å². The Balaban J connectivity index is 2.05. The van der Waals surface area contributed by atoms with Crippen LogP contribution in [0.4, 0.5) is 5.69 Å². The van der Waals surface area contributed by atoms with Crippen LogP contribution in [0.5, 0.6) is 0 Å². The van der Waals surface area contributed by atoms with Crippen molar-refractivity contribution < 1.29 is 4.79 Å². The van der Waals surface area contributed by atoms with Crippen molar-refractivity contribution in [1.29, 1.82) is 0 Å². The highest BCUT2D eigenvalue weighted by Crippen LogP contribution is 2.25. The molecule has 1 aromatic carbocycles. The average molecular weight is 373 g/mol. The number of halogens is 1. The summed E-state index contributed by atoms with van der Waals surface area (Å²) in [6, 6.07) is 9.50. The van der Waals surface area contributed by atoms with Gasteiger partial charge in [0.05, 0.1) is 22.8 Å². The number of hydrogen-bond acceptors (Lipinski definition) is 3. The molecule has 0 spiro atoms. The minimum atomic E-state index is -0.171. The quantitative estimate of drug-likeness (QED) is 0.743. The zero-order valence-electron chi connectivity index (χ0n) is 13.2. The standard InChI is InChI=1S/C17H17BrN4O/c1-10(2)22-16-13(9-19-22)12(8-11(3)20-16)17(23)21-15-7-5-4-6-14(15)18/h4-10H,1-3H3,(H,21,23). The topological polar surface area (TPSA) is 59.8 Å². The number of pyridine rings is 1. The molecule has 0 saturated carbocycles. The maximum atomic E-state index is 12.7. The average Bonchev–Trinajstić information content (AvgIpc) is 2.92. The van der Waals surface area contributed by atoms with Gasteiger partial charge in [-0.1, -0.05) is 12.1 Å². The van der Waals surface area contributed by atoms with E-state index >= 15 is 0 Å². The van der Waals surface area contributed by atoms with Crippen molar-refractivity contribution in [2.45, 2.75) is 26.8 Å². The first-order chi connectivity index (χ1) is 11.0. The third-order valence-corrected chi connectivity index (χ3v) is 4.24. The van der Waals surface area contributed by atoms with Crippen molar-refractivity contribution in [3.8, 4) is 0 Å². The highest BCUT2D eigenvalue weighted by molar-refractivity contribution is 9.10. The van der Waals surface area contributed by atoms with E-state index in [-0.39, 0.29) is 11.9 Å². The van der Waals surface area contributed by atoms with Gasteiger partial charge in [-0.05, 0) is 54.9 Å². The van der Waals surface area contributed by atoms with Gasteiger partial charge in [0, 0.05) is 16.2 Å². The molecule has 0 aliphatic carbocycles. The van der Waals surface area contributed by atoms with Gasteiger partial charge in [-0.2, -0.15) is 5.10 Å². The van der Waals surface area contributed by atoms with Gasteiger partial charge in [-0.3, -0.25) is 4.79 Å². The van der Waals surface area contributed by atoms with Gasteiger partial charge in [0.1, 0.15) is 0 Å². The number of aryl methyl sites for hydroxylation is 1. The summed E-state index contributed by atoms with van der Waals surface area (Å²) in [4.78, 5) is 17.3. The Hall–Kier alpha value is -2.21. The predicted molar refractivity (Wildman–Crippen MR) is 94.7 cm³/mol.